The maximum absolute atomic E-state index is 12.2. The van der Waals surface area contributed by atoms with Gasteiger partial charge in [0.05, 0.1) is 6.10 Å². The van der Waals surface area contributed by atoms with Crippen LogP contribution in [0.15, 0.2) is 36.9 Å². The van der Waals surface area contributed by atoms with Crippen LogP contribution in [0.2, 0.25) is 0 Å². The molecule has 1 saturated heterocycles. The third-order valence-corrected chi connectivity index (χ3v) is 3.15. The maximum Gasteiger partial charge on any atom is 0.253 e. The van der Waals surface area contributed by atoms with E-state index in [0.717, 1.165) is 18.6 Å². The molecule has 2 rings (SSSR count). The smallest absolute Gasteiger partial charge is 0.253 e. The third kappa shape index (κ3) is 3.58. The lowest BCUT2D eigenvalue weighted by Crippen LogP contribution is -2.42. The molecule has 102 valence electrons. The van der Waals surface area contributed by atoms with Gasteiger partial charge in [0.15, 0.2) is 0 Å². The Labute approximate surface area is 113 Å². The van der Waals surface area contributed by atoms with E-state index in [0.29, 0.717) is 25.3 Å². The lowest BCUT2D eigenvalue weighted by Gasteiger charge is -2.30. The molecule has 0 aliphatic carbocycles. The summed E-state index contributed by atoms with van der Waals surface area (Å²) >= 11 is 0. The van der Waals surface area contributed by atoms with Gasteiger partial charge in [-0.05, 0) is 37.1 Å². The summed E-state index contributed by atoms with van der Waals surface area (Å²) in [5.41, 5.74) is 0.625. The number of β-amino-alcohol motifs (C(OH)–C–C–N with tert-alkyl or cyclic N) is 1. The molecule has 4 heteroatoms. The summed E-state index contributed by atoms with van der Waals surface area (Å²) in [6, 6.07) is 7.05. The number of hydrogen-bond acceptors (Lipinski definition) is 3. The Balaban J connectivity index is 2.00. The highest BCUT2D eigenvalue weighted by molar-refractivity contribution is 5.94. The van der Waals surface area contributed by atoms with Crippen molar-refractivity contribution >= 4 is 5.91 Å². The van der Waals surface area contributed by atoms with Gasteiger partial charge in [0, 0.05) is 18.7 Å². The summed E-state index contributed by atoms with van der Waals surface area (Å²) in [4.78, 5) is 13.9. The summed E-state index contributed by atoms with van der Waals surface area (Å²) < 4.78 is 5.37. The van der Waals surface area contributed by atoms with Gasteiger partial charge >= 0.3 is 0 Å². The number of carbonyl (C=O) groups is 1. The van der Waals surface area contributed by atoms with Crippen molar-refractivity contribution in [2.24, 2.45) is 0 Å². The van der Waals surface area contributed by atoms with Crippen molar-refractivity contribution in [3.63, 3.8) is 0 Å². The monoisotopic (exact) mass is 261 g/mol. The fraction of sp³-hybridized carbons (Fsp3) is 0.400. The summed E-state index contributed by atoms with van der Waals surface area (Å²) in [6.07, 6.45) is 2.91. The van der Waals surface area contributed by atoms with Gasteiger partial charge in [0.1, 0.15) is 12.4 Å². The number of rotatable bonds is 4. The molecular weight excluding hydrogens is 242 g/mol. The predicted molar refractivity (Wildman–Crippen MR) is 73.3 cm³/mol. The van der Waals surface area contributed by atoms with E-state index in [2.05, 4.69) is 6.58 Å². The van der Waals surface area contributed by atoms with E-state index in [4.69, 9.17) is 4.74 Å². The van der Waals surface area contributed by atoms with E-state index in [9.17, 15) is 9.90 Å². The average Bonchev–Trinajstić information content (AvgIpc) is 2.45. The van der Waals surface area contributed by atoms with E-state index in [1.165, 1.54) is 0 Å². The molecule has 0 spiro atoms. The molecule has 0 radical (unpaired) electrons. The van der Waals surface area contributed by atoms with Crippen LogP contribution < -0.4 is 4.74 Å². The third-order valence-electron chi connectivity index (χ3n) is 3.15. The van der Waals surface area contributed by atoms with Crippen LogP contribution in [0.3, 0.4) is 0 Å². The number of hydrogen-bond donors (Lipinski definition) is 1. The Bertz CT molecular complexity index is 441. The van der Waals surface area contributed by atoms with Crippen LogP contribution in [0, 0.1) is 0 Å². The number of likely N-dealkylation sites (tertiary alicyclic amines) is 1. The fourth-order valence-electron chi connectivity index (χ4n) is 2.17. The minimum Gasteiger partial charge on any atom is -0.490 e. The van der Waals surface area contributed by atoms with Gasteiger partial charge in [0.25, 0.3) is 5.91 Å². The quantitative estimate of drug-likeness (QED) is 0.841. The second kappa shape index (κ2) is 6.38. The van der Waals surface area contributed by atoms with Crippen molar-refractivity contribution < 1.29 is 14.6 Å². The van der Waals surface area contributed by atoms with Crippen molar-refractivity contribution in [1.29, 1.82) is 0 Å². The van der Waals surface area contributed by atoms with Gasteiger partial charge < -0.3 is 14.7 Å². The minimum atomic E-state index is -0.395. The molecule has 0 saturated carbocycles. The van der Waals surface area contributed by atoms with Gasteiger partial charge in [0.2, 0.25) is 0 Å². The Morgan fingerprint density at radius 3 is 2.84 bits per heavy atom. The van der Waals surface area contributed by atoms with Gasteiger partial charge in [-0.1, -0.05) is 12.7 Å². The zero-order chi connectivity index (χ0) is 13.7. The first-order valence-electron chi connectivity index (χ1n) is 6.52. The number of benzene rings is 1. The highest BCUT2D eigenvalue weighted by Gasteiger charge is 2.22. The molecule has 1 heterocycles. The van der Waals surface area contributed by atoms with Crippen LogP contribution in [-0.4, -0.2) is 41.7 Å². The van der Waals surface area contributed by atoms with Crippen molar-refractivity contribution in [2.45, 2.75) is 18.9 Å². The molecule has 1 aliphatic rings. The Hall–Kier alpha value is -1.81. The standard InChI is InChI=1S/C15H19NO3/c1-2-10-19-14-7-5-12(6-8-14)15(18)16-9-3-4-13(17)11-16/h2,5-8,13,17H,1,3-4,9-11H2/t13-/m0/s1. The first-order chi connectivity index (χ1) is 9.20. The van der Waals surface area contributed by atoms with Crippen molar-refractivity contribution in [1.82, 2.24) is 4.90 Å². The Morgan fingerprint density at radius 2 is 2.21 bits per heavy atom. The predicted octanol–water partition coefficient (Wildman–Crippen LogP) is 1.85. The van der Waals surface area contributed by atoms with Crippen LogP contribution >= 0.6 is 0 Å². The van der Waals surface area contributed by atoms with E-state index in [1.807, 2.05) is 0 Å². The van der Waals surface area contributed by atoms with Crippen LogP contribution in [0.25, 0.3) is 0 Å². The molecule has 1 aromatic carbocycles. The fourth-order valence-corrected chi connectivity index (χ4v) is 2.17. The molecule has 0 bridgehead atoms. The highest BCUT2D eigenvalue weighted by Crippen LogP contribution is 2.17. The maximum atomic E-state index is 12.2. The lowest BCUT2D eigenvalue weighted by atomic mass is 10.1. The van der Waals surface area contributed by atoms with Gasteiger partial charge in [-0.3, -0.25) is 4.79 Å². The molecule has 1 fully saturated rings. The second-order valence-electron chi connectivity index (χ2n) is 4.67. The summed E-state index contributed by atoms with van der Waals surface area (Å²) in [7, 11) is 0. The van der Waals surface area contributed by atoms with Crippen LogP contribution in [-0.2, 0) is 0 Å². The second-order valence-corrected chi connectivity index (χ2v) is 4.67. The summed E-state index contributed by atoms with van der Waals surface area (Å²) in [6.45, 7) is 5.17. The van der Waals surface area contributed by atoms with Crippen LogP contribution in [0.5, 0.6) is 5.75 Å². The molecule has 1 aliphatic heterocycles. The number of aliphatic hydroxyl groups is 1. The number of nitrogens with zero attached hydrogens (tertiary/aromatic N) is 1. The molecule has 1 aromatic rings. The Kier molecular flexibility index (Phi) is 4.58. The van der Waals surface area contributed by atoms with Crippen molar-refractivity contribution in [3.8, 4) is 5.75 Å². The molecule has 19 heavy (non-hydrogen) atoms. The average molecular weight is 261 g/mol. The molecule has 1 atom stereocenters. The van der Waals surface area contributed by atoms with E-state index < -0.39 is 6.10 Å². The minimum absolute atomic E-state index is 0.0333. The van der Waals surface area contributed by atoms with Gasteiger partial charge in [-0.2, -0.15) is 0 Å². The lowest BCUT2D eigenvalue weighted by molar-refractivity contribution is 0.0473. The number of ether oxygens (including phenoxy) is 1. The molecule has 4 nitrogen and oxygen atoms in total. The topological polar surface area (TPSA) is 49.8 Å². The molecule has 0 unspecified atom stereocenters. The van der Waals surface area contributed by atoms with Crippen LogP contribution in [0.1, 0.15) is 23.2 Å². The van der Waals surface area contributed by atoms with E-state index in [-0.39, 0.29) is 5.91 Å². The number of amides is 1. The van der Waals surface area contributed by atoms with E-state index in [1.54, 1.807) is 35.2 Å². The molecule has 1 N–H and O–H groups in total. The molecular formula is C15H19NO3. The summed E-state index contributed by atoms with van der Waals surface area (Å²) in [5.74, 6) is 0.684. The number of piperidine rings is 1. The zero-order valence-electron chi connectivity index (χ0n) is 10.9. The molecule has 1 amide bonds. The first kappa shape index (κ1) is 13.6. The highest BCUT2D eigenvalue weighted by atomic mass is 16.5. The first-order valence-corrected chi connectivity index (χ1v) is 6.52. The normalized spacial score (nSPS) is 19.0. The Morgan fingerprint density at radius 1 is 1.47 bits per heavy atom. The van der Waals surface area contributed by atoms with Gasteiger partial charge in [-0.15, -0.1) is 0 Å². The zero-order valence-corrected chi connectivity index (χ0v) is 10.9. The number of carbonyl (C=O) groups excluding carboxylic acids is 1. The van der Waals surface area contributed by atoms with Crippen molar-refractivity contribution in [3.05, 3.63) is 42.5 Å². The molecule has 0 aromatic heterocycles. The largest absolute Gasteiger partial charge is 0.490 e. The van der Waals surface area contributed by atoms with Crippen molar-refractivity contribution in [2.75, 3.05) is 19.7 Å². The number of aliphatic hydroxyl groups excluding tert-OH is 1. The van der Waals surface area contributed by atoms with Gasteiger partial charge in [-0.25, -0.2) is 0 Å². The summed E-state index contributed by atoms with van der Waals surface area (Å²) in [5, 5.41) is 9.59. The van der Waals surface area contributed by atoms with Crippen LogP contribution in [0.4, 0.5) is 0 Å². The SMILES string of the molecule is C=CCOc1ccc(C(=O)N2CCC[C@H](O)C2)cc1. The van der Waals surface area contributed by atoms with E-state index >= 15 is 0 Å².